The van der Waals surface area contributed by atoms with E-state index in [-0.39, 0.29) is 24.0 Å². The molecule has 0 aliphatic carbocycles. The summed E-state index contributed by atoms with van der Waals surface area (Å²) in [5.41, 5.74) is 7.71. The summed E-state index contributed by atoms with van der Waals surface area (Å²) < 4.78 is 1.51. The summed E-state index contributed by atoms with van der Waals surface area (Å²) in [6, 6.07) is 5.46. The second-order valence-corrected chi connectivity index (χ2v) is 5.81. The number of carbonyl (C=O) groups excluding carboxylic acids is 2. The molecule has 2 amide bonds. The van der Waals surface area contributed by atoms with Gasteiger partial charge in [0.2, 0.25) is 5.91 Å². The molecule has 26 heavy (non-hydrogen) atoms. The van der Waals surface area contributed by atoms with Crippen molar-refractivity contribution in [2.45, 2.75) is 39.7 Å². The van der Waals surface area contributed by atoms with Crippen LogP contribution in [0.3, 0.4) is 0 Å². The monoisotopic (exact) mass is 380 g/mol. The van der Waals surface area contributed by atoms with Gasteiger partial charge in [-0.1, -0.05) is 24.6 Å². The highest BCUT2D eigenvalue weighted by Crippen LogP contribution is 2.24. The number of aryl methyl sites for hydroxylation is 1. The zero-order valence-corrected chi connectivity index (χ0v) is 15.8. The molecule has 0 aliphatic heterocycles. The SMILES string of the molecule is CCCCC(=O)Nc1ccc(C)cc1NC(=O)c1cn(CCN)nn1.Cl. The van der Waals surface area contributed by atoms with Crippen molar-refractivity contribution >= 4 is 35.6 Å². The average Bonchev–Trinajstić information content (AvgIpc) is 3.04. The van der Waals surface area contributed by atoms with E-state index in [1.165, 1.54) is 10.9 Å². The number of nitrogens with zero attached hydrogens (tertiary/aromatic N) is 3. The molecule has 1 heterocycles. The second-order valence-electron chi connectivity index (χ2n) is 5.81. The molecule has 0 unspecified atom stereocenters. The Balaban J connectivity index is 0.00000338. The number of carbonyl (C=O) groups is 2. The van der Waals surface area contributed by atoms with Crippen molar-refractivity contribution in [2.24, 2.45) is 5.73 Å². The maximum absolute atomic E-state index is 12.4. The van der Waals surface area contributed by atoms with Gasteiger partial charge in [0.15, 0.2) is 5.69 Å². The number of nitrogens with one attached hydrogen (secondary N) is 2. The molecule has 0 bridgehead atoms. The number of amides is 2. The highest BCUT2D eigenvalue weighted by atomic mass is 35.5. The zero-order valence-electron chi connectivity index (χ0n) is 15.0. The van der Waals surface area contributed by atoms with Crippen LogP contribution in [0.1, 0.15) is 42.2 Å². The van der Waals surface area contributed by atoms with E-state index in [1.54, 1.807) is 12.1 Å². The zero-order chi connectivity index (χ0) is 18.2. The van der Waals surface area contributed by atoms with Crippen LogP contribution >= 0.6 is 12.4 Å². The van der Waals surface area contributed by atoms with E-state index in [1.807, 2.05) is 19.9 Å². The summed E-state index contributed by atoms with van der Waals surface area (Å²) in [7, 11) is 0. The van der Waals surface area contributed by atoms with Crippen molar-refractivity contribution in [1.29, 1.82) is 0 Å². The van der Waals surface area contributed by atoms with Crippen molar-refractivity contribution in [1.82, 2.24) is 15.0 Å². The normalized spacial score (nSPS) is 10.1. The van der Waals surface area contributed by atoms with Crippen molar-refractivity contribution in [3.8, 4) is 0 Å². The van der Waals surface area contributed by atoms with Crippen molar-refractivity contribution in [2.75, 3.05) is 17.2 Å². The summed E-state index contributed by atoms with van der Waals surface area (Å²) in [5.74, 6) is -0.465. The van der Waals surface area contributed by atoms with E-state index in [0.717, 1.165) is 18.4 Å². The first-order chi connectivity index (χ1) is 12.0. The lowest BCUT2D eigenvalue weighted by molar-refractivity contribution is -0.116. The van der Waals surface area contributed by atoms with Gasteiger partial charge in [-0.3, -0.25) is 14.3 Å². The Morgan fingerprint density at radius 1 is 1.23 bits per heavy atom. The van der Waals surface area contributed by atoms with E-state index < -0.39 is 5.91 Å². The smallest absolute Gasteiger partial charge is 0.277 e. The molecule has 1 aromatic carbocycles. The van der Waals surface area contributed by atoms with Crippen LogP contribution in [-0.2, 0) is 11.3 Å². The Labute approximate surface area is 158 Å². The Bertz CT molecular complexity index is 747. The van der Waals surface area contributed by atoms with Gasteiger partial charge in [-0.15, -0.1) is 17.5 Å². The molecule has 0 aliphatic rings. The fourth-order valence-corrected chi connectivity index (χ4v) is 2.25. The van der Waals surface area contributed by atoms with E-state index in [4.69, 9.17) is 5.73 Å². The Kier molecular flexibility index (Phi) is 8.74. The lowest BCUT2D eigenvalue weighted by Gasteiger charge is -2.12. The first-order valence-electron chi connectivity index (χ1n) is 8.35. The van der Waals surface area contributed by atoms with Gasteiger partial charge in [-0.25, -0.2) is 0 Å². The number of rotatable bonds is 8. The van der Waals surface area contributed by atoms with Crippen LogP contribution in [0.4, 0.5) is 11.4 Å². The summed E-state index contributed by atoms with van der Waals surface area (Å²) in [6.07, 6.45) is 3.76. The topological polar surface area (TPSA) is 115 Å². The number of benzene rings is 1. The molecular formula is C17H25ClN6O2. The van der Waals surface area contributed by atoms with Gasteiger partial charge in [0.25, 0.3) is 5.91 Å². The van der Waals surface area contributed by atoms with Gasteiger partial charge in [-0.2, -0.15) is 0 Å². The van der Waals surface area contributed by atoms with Crippen molar-refractivity contribution in [3.05, 3.63) is 35.7 Å². The minimum absolute atomic E-state index is 0. The van der Waals surface area contributed by atoms with Crippen molar-refractivity contribution < 1.29 is 9.59 Å². The number of aromatic nitrogens is 3. The van der Waals surface area contributed by atoms with E-state index in [0.29, 0.717) is 30.9 Å². The molecule has 0 fully saturated rings. The van der Waals surface area contributed by atoms with Crippen LogP contribution in [0.5, 0.6) is 0 Å². The van der Waals surface area contributed by atoms with Crippen LogP contribution in [0.2, 0.25) is 0 Å². The van der Waals surface area contributed by atoms with Gasteiger partial charge in [0.1, 0.15) is 0 Å². The van der Waals surface area contributed by atoms with Crippen LogP contribution in [0, 0.1) is 6.92 Å². The molecule has 142 valence electrons. The first-order valence-corrected chi connectivity index (χ1v) is 8.35. The molecular weight excluding hydrogens is 356 g/mol. The molecule has 9 heteroatoms. The number of hydrogen-bond acceptors (Lipinski definition) is 5. The minimum atomic E-state index is -0.391. The summed E-state index contributed by atoms with van der Waals surface area (Å²) in [5, 5.41) is 13.3. The number of halogens is 1. The predicted molar refractivity (Wildman–Crippen MR) is 104 cm³/mol. The Hall–Kier alpha value is -2.45. The summed E-state index contributed by atoms with van der Waals surface area (Å²) in [4.78, 5) is 24.4. The first kappa shape index (κ1) is 21.6. The summed E-state index contributed by atoms with van der Waals surface area (Å²) >= 11 is 0. The second kappa shape index (κ2) is 10.5. The molecule has 0 saturated carbocycles. The standard InChI is InChI=1S/C17H24N6O2.ClH/c1-3-4-5-16(24)19-13-7-6-12(2)10-14(13)20-17(25)15-11-23(9-8-18)22-21-15;/h6-7,10-11H,3-5,8-9,18H2,1-2H3,(H,19,24)(H,20,25);1H. The van der Waals surface area contributed by atoms with Crippen LogP contribution in [0.25, 0.3) is 0 Å². The third kappa shape index (κ3) is 6.12. The van der Waals surface area contributed by atoms with Gasteiger partial charge >= 0.3 is 0 Å². The molecule has 4 N–H and O–H groups in total. The van der Waals surface area contributed by atoms with Gasteiger partial charge in [0, 0.05) is 13.0 Å². The molecule has 0 saturated heterocycles. The van der Waals surface area contributed by atoms with Crippen LogP contribution in [0.15, 0.2) is 24.4 Å². The van der Waals surface area contributed by atoms with Gasteiger partial charge < -0.3 is 16.4 Å². The number of unbranched alkanes of at least 4 members (excludes halogenated alkanes) is 1. The fraction of sp³-hybridized carbons (Fsp3) is 0.412. The van der Waals surface area contributed by atoms with Crippen molar-refractivity contribution in [3.63, 3.8) is 0 Å². The molecule has 0 spiro atoms. The highest BCUT2D eigenvalue weighted by molar-refractivity contribution is 6.06. The molecule has 2 rings (SSSR count). The van der Waals surface area contributed by atoms with Gasteiger partial charge in [-0.05, 0) is 31.0 Å². The molecule has 0 atom stereocenters. The predicted octanol–water partition coefficient (Wildman–Crippen LogP) is 2.35. The molecule has 1 aromatic heterocycles. The van der Waals surface area contributed by atoms with E-state index >= 15 is 0 Å². The molecule has 8 nitrogen and oxygen atoms in total. The number of nitrogens with two attached hydrogens (primary N) is 1. The lowest BCUT2D eigenvalue weighted by Crippen LogP contribution is -2.17. The van der Waals surface area contributed by atoms with E-state index in [9.17, 15) is 9.59 Å². The minimum Gasteiger partial charge on any atom is -0.329 e. The highest BCUT2D eigenvalue weighted by Gasteiger charge is 2.14. The fourth-order valence-electron chi connectivity index (χ4n) is 2.25. The Morgan fingerprint density at radius 2 is 2.00 bits per heavy atom. The largest absolute Gasteiger partial charge is 0.329 e. The van der Waals surface area contributed by atoms with Crippen LogP contribution < -0.4 is 16.4 Å². The molecule has 0 radical (unpaired) electrons. The van der Waals surface area contributed by atoms with E-state index in [2.05, 4.69) is 20.9 Å². The third-order valence-corrected chi connectivity index (χ3v) is 3.58. The average molecular weight is 381 g/mol. The van der Waals surface area contributed by atoms with Crippen LogP contribution in [-0.4, -0.2) is 33.4 Å². The maximum Gasteiger partial charge on any atom is 0.277 e. The maximum atomic E-state index is 12.4. The van der Waals surface area contributed by atoms with Gasteiger partial charge in [0.05, 0.1) is 24.1 Å². The quantitative estimate of drug-likeness (QED) is 0.650. The third-order valence-electron chi connectivity index (χ3n) is 3.58. The molecule has 2 aromatic rings. The lowest BCUT2D eigenvalue weighted by atomic mass is 10.1. The Morgan fingerprint density at radius 3 is 2.69 bits per heavy atom. The summed E-state index contributed by atoms with van der Waals surface area (Å²) in [6.45, 7) is 4.85. The number of hydrogen-bond donors (Lipinski definition) is 3. The number of anilines is 2.